The standard InChI is InChI=1S/C22H26N4O2/c1-14-11-15(7-9-23-14)12-16-13-19(24-21-17(16)8-10-26(21)2)22(28)25-18-5-3-4-6-20(18)27/h7-11,13,18,20,27H,3-6,12H2,1-2H3,(H,25,28)/t18-,20-/m0/s1. The summed E-state index contributed by atoms with van der Waals surface area (Å²) in [6.45, 7) is 1.97. The van der Waals surface area contributed by atoms with Crippen molar-refractivity contribution >= 4 is 16.9 Å². The van der Waals surface area contributed by atoms with Crippen molar-refractivity contribution in [1.29, 1.82) is 0 Å². The number of nitrogens with zero attached hydrogens (tertiary/aromatic N) is 3. The van der Waals surface area contributed by atoms with Crippen molar-refractivity contribution in [3.05, 3.63) is 59.2 Å². The van der Waals surface area contributed by atoms with E-state index in [0.717, 1.165) is 53.5 Å². The summed E-state index contributed by atoms with van der Waals surface area (Å²) in [7, 11) is 1.93. The number of rotatable bonds is 4. The molecule has 1 fully saturated rings. The predicted octanol–water partition coefficient (Wildman–Crippen LogP) is 2.90. The van der Waals surface area contributed by atoms with E-state index in [0.29, 0.717) is 12.1 Å². The third-order valence-electron chi connectivity index (χ3n) is 5.56. The summed E-state index contributed by atoms with van der Waals surface area (Å²) in [5.41, 5.74) is 4.37. The summed E-state index contributed by atoms with van der Waals surface area (Å²) in [5, 5.41) is 14.2. The quantitative estimate of drug-likeness (QED) is 0.732. The Balaban J connectivity index is 1.67. The van der Waals surface area contributed by atoms with Gasteiger partial charge >= 0.3 is 0 Å². The van der Waals surface area contributed by atoms with Gasteiger partial charge in [0.15, 0.2) is 0 Å². The summed E-state index contributed by atoms with van der Waals surface area (Å²) in [4.78, 5) is 21.8. The molecule has 28 heavy (non-hydrogen) atoms. The largest absolute Gasteiger partial charge is 0.391 e. The lowest BCUT2D eigenvalue weighted by Crippen LogP contribution is -2.45. The van der Waals surface area contributed by atoms with Gasteiger partial charge in [0, 0.05) is 30.5 Å². The van der Waals surface area contributed by atoms with Gasteiger partial charge in [0.25, 0.3) is 5.91 Å². The van der Waals surface area contributed by atoms with Gasteiger partial charge in [-0.25, -0.2) is 4.98 Å². The Kier molecular flexibility index (Phi) is 5.13. The predicted molar refractivity (Wildman–Crippen MR) is 108 cm³/mol. The van der Waals surface area contributed by atoms with Crippen molar-refractivity contribution in [3.63, 3.8) is 0 Å². The molecule has 0 aromatic carbocycles. The van der Waals surface area contributed by atoms with Gasteiger partial charge in [-0.05, 0) is 61.6 Å². The van der Waals surface area contributed by atoms with Crippen LogP contribution in [0.3, 0.4) is 0 Å². The number of hydrogen-bond donors (Lipinski definition) is 2. The monoisotopic (exact) mass is 378 g/mol. The highest BCUT2D eigenvalue weighted by Crippen LogP contribution is 2.23. The van der Waals surface area contributed by atoms with Crippen LogP contribution in [0.1, 0.15) is 53.0 Å². The van der Waals surface area contributed by atoms with Crippen LogP contribution in [0, 0.1) is 6.92 Å². The van der Waals surface area contributed by atoms with Crippen LogP contribution in [0.5, 0.6) is 0 Å². The number of carbonyl (C=O) groups excluding carboxylic acids is 1. The molecule has 1 aliphatic carbocycles. The maximum atomic E-state index is 12.9. The summed E-state index contributed by atoms with van der Waals surface area (Å²) in [6.07, 6.45) is 7.59. The molecule has 2 N–H and O–H groups in total. The Labute approximate surface area is 164 Å². The van der Waals surface area contributed by atoms with Crippen molar-refractivity contribution in [2.24, 2.45) is 7.05 Å². The smallest absolute Gasteiger partial charge is 0.270 e. The Hall–Kier alpha value is -2.73. The van der Waals surface area contributed by atoms with Gasteiger partial charge < -0.3 is 15.0 Å². The molecule has 0 saturated heterocycles. The van der Waals surface area contributed by atoms with Crippen LogP contribution in [0.4, 0.5) is 0 Å². The van der Waals surface area contributed by atoms with Crippen molar-refractivity contribution in [2.45, 2.75) is 51.2 Å². The molecule has 2 atom stereocenters. The summed E-state index contributed by atoms with van der Waals surface area (Å²) in [5.74, 6) is -0.221. The fourth-order valence-corrected chi connectivity index (χ4v) is 4.02. The highest BCUT2D eigenvalue weighted by molar-refractivity contribution is 5.95. The van der Waals surface area contributed by atoms with Gasteiger partial charge in [-0.3, -0.25) is 9.78 Å². The molecule has 146 valence electrons. The molecule has 3 aromatic heterocycles. The zero-order chi connectivity index (χ0) is 19.7. The highest BCUT2D eigenvalue weighted by atomic mass is 16.3. The number of hydrogen-bond acceptors (Lipinski definition) is 4. The number of amides is 1. The van der Waals surface area contributed by atoms with Crippen molar-refractivity contribution in [3.8, 4) is 0 Å². The van der Waals surface area contributed by atoms with Crippen LogP contribution in [0.15, 0.2) is 36.7 Å². The molecule has 0 aliphatic heterocycles. The first-order valence-electron chi connectivity index (χ1n) is 9.86. The number of aliphatic hydroxyl groups excluding tert-OH is 1. The van der Waals surface area contributed by atoms with E-state index < -0.39 is 6.10 Å². The highest BCUT2D eigenvalue weighted by Gasteiger charge is 2.25. The normalized spacial score (nSPS) is 19.7. The molecule has 1 amide bonds. The second kappa shape index (κ2) is 7.72. The SMILES string of the molecule is Cc1cc(Cc2cc(C(=O)N[C@H]3CCCC[C@@H]3O)nc3c2ccn3C)ccn1. The fraction of sp³-hybridized carbons (Fsp3) is 0.409. The summed E-state index contributed by atoms with van der Waals surface area (Å²) >= 11 is 0. The topological polar surface area (TPSA) is 80.0 Å². The second-order valence-corrected chi connectivity index (χ2v) is 7.74. The molecule has 0 bridgehead atoms. The van der Waals surface area contributed by atoms with Crippen LogP contribution >= 0.6 is 0 Å². The maximum absolute atomic E-state index is 12.9. The van der Waals surface area contributed by atoms with Gasteiger partial charge in [-0.2, -0.15) is 0 Å². The number of aliphatic hydroxyl groups is 1. The van der Waals surface area contributed by atoms with E-state index in [1.165, 1.54) is 0 Å². The maximum Gasteiger partial charge on any atom is 0.270 e. The molecule has 6 nitrogen and oxygen atoms in total. The molecule has 3 heterocycles. The molecular formula is C22H26N4O2. The summed E-state index contributed by atoms with van der Waals surface area (Å²) < 4.78 is 1.93. The molecule has 0 spiro atoms. The van der Waals surface area contributed by atoms with Gasteiger partial charge in [0.2, 0.25) is 0 Å². The zero-order valence-corrected chi connectivity index (χ0v) is 16.4. The number of fused-ring (bicyclic) bond motifs is 1. The molecular weight excluding hydrogens is 352 g/mol. The lowest BCUT2D eigenvalue weighted by atomic mass is 9.92. The van der Waals surface area contributed by atoms with Crippen LogP contribution in [0.25, 0.3) is 11.0 Å². The Morgan fingerprint density at radius 2 is 2.11 bits per heavy atom. The van der Waals surface area contributed by atoms with Crippen LogP contribution < -0.4 is 5.32 Å². The van der Waals surface area contributed by atoms with E-state index in [9.17, 15) is 9.90 Å². The van der Waals surface area contributed by atoms with Crippen molar-refractivity contribution in [2.75, 3.05) is 0 Å². The van der Waals surface area contributed by atoms with E-state index in [4.69, 9.17) is 0 Å². The van der Waals surface area contributed by atoms with Crippen molar-refractivity contribution in [1.82, 2.24) is 19.9 Å². The first kappa shape index (κ1) is 18.6. The molecule has 1 aliphatic rings. The number of aryl methyl sites for hydroxylation is 2. The third kappa shape index (κ3) is 3.78. The first-order valence-corrected chi connectivity index (χ1v) is 9.86. The Morgan fingerprint density at radius 1 is 1.29 bits per heavy atom. The molecule has 6 heteroatoms. The molecule has 0 radical (unpaired) electrons. The fourth-order valence-electron chi connectivity index (χ4n) is 4.02. The third-order valence-corrected chi connectivity index (χ3v) is 5.56. The van der Waals surface area contributed by atoms with E-state index >= 15 is 0 Å². The van der Waals surface area contributed by atoms with Gasteiger partial charge in [-0.15, -0.1) is 0 Å². The number of pyridine rings is 2. The Morgan fingerprint density at radius 3 is 2.89 bits per heavy atom. The van der Waals surface area contributed by atoms with E-state index in [1.54, 1.807) is 0 Å². The van der Waals surface area contributed by atoms with Crippen LogP contribution in [0.2, 0.25) is 0 Å². The van der Waals surface area contributed by atoms with Crippen LogP contribution in [-0.4, -0.2) is 37.7 Å². The molecule has 4 rings (SSSR count). The van der Waals surface area contributed by atoms with Crippen molar-refractivity contribution < 1.29 is 9.90 Å². The van der Waals surface area contributed by atoms with Gasteiger partial charge in [0.1, 0.15) is 11.3 Å². The minimum Gasteiger partial charge on any atom is -0.391 e. The molecule has 1 saturated carbocycles. The number of nitrogens with one attached hydrogen (secondary N) is 1. The van der Waals surface area contributed by atoms with E-state index in [2.05, 4.69) is 21.4 Å². The van der Waals surface area contributed by atoms with Gasteiger partial charge in [-0.1, -0.05) is 12.8 Å². The molecule has 0 unspecified atom stereocenters. The number of carbonyl (C=O) groups is 1. The average molecular weight is 378 g/mol. The minimum absolute atomic E-state index is 0.196. The first-order chi connectivity index (χ1) is 13.5. The van der Waals surface area contributed by atoms with E-state index in [-0.39, 0.29) is 11.9 Å². The minimum atomic E-state index is -0.476. The molecule has 3 aromatic rings. The van der Waals surface area contributed by atoms with Gasteiger partial charge in [0.05, 0.1) is 12.1 Å². The average Bonchev–Trinajstić information content (AvgIpc) is 3.05. The Bertz CT molecular complexity index is 1010. The number of aromatic nitrogens is 3. The zero-order valence-electron chi connectivity index (χ0n) is 16.4. The summed E-state index contributed by atoms with van der Waals surface area (Å²) in [6, 6.07) is 7.78. The lowest BCUT2D eigenvalue weighted by Gasteiger charge is -2.28. The van der Waals surface area contributed by atoms with Crippen LogP contribution in [-0.2, 0) is 13.5 Å². The second-order valence-electron chi connectivity index (χ2n) is 7.74. The van der Waals surface area contributed by atoms with E-state index in [1.807, 2.05) is 49.1 Å². The lowest BCUT2D eigenvalue weighted by molar-refractivity contribution is 0.0714.